The van der Waals surface area contributed by atoms with Crippen LogP contribution in [0.25, 0.3) is 0 Å². The summed E-state index contributed by atoms with van der Waals surface area (Å²) in [5.74, 6) is -0.153. The Kier molecular flexibility index (Phi) is 4.81. The summed E-state index contributed by atoms with van der Waals surface area (Å²) >= 11 is 4.99. The molecule has 0 saturated carbocycles. The fourth-order valence-electron chi connectivity index (χ4n) is 2.16. The summed E-state index contributed by atoms with van der Waals surface area (Å²) in [5.41, 5.74) is 5.25. The van der Waals surface area contributed by atoms with Crippen molar-refractivity contribution in [2.75, 3.05) is 13.1 Å². The first-order valence-electron chi connectivity index (χ1n) is 6.12. The van der Waals surface area contributed by atoms with Gasteiger partial charge in [0, 0.05) is 18.0 Å². The molecule has 1 aliphatic heterocycles. The maximum atomic E-state index is 12.0. The summed E-state index contributed by atoms with van der Waals surface area (Å²) in [6.07, 6.45) is 1.63. The molecule has 0 bridgehead atoms. The Hall–Kier alpha value is -1.08. The van der Waals surface area contributed by atoms with Crippen LogP contribution in [0.3, 0.4) is 0 Å². The number of carbonyl (C=O) groups excluding carboxylic acids is 2. The van der Waals surface area contributed by atoms with Crippen LogP contribution < -0.4 is 11.1 Å². The SMILES string of the molecule is NC(=O)N1CCC[C@@H](C(=O)NCc2ccc(Br)s2)C1. The smallest absolute Gasteiger partial charge is 0.314 e. The van der Waals surface area contributed by atoms with Gasteiger partial charge in [-0.2, -0.15) is 0 Å². The van der Waals surface area contributed by atoms with Crippen LogP contribution in [0.1, 0.15) is 17.7 Å². The monoisotopic (exact) mass is 345 g/mol. The number of hydrogen-bond donors (Lipinski definition) is 2. The molecule has 1 aromatic heterocycles. The summed E-state index contributed by atoms with van der Waals surface area (Å²) in [6, 6.07) is 3.49. The van der Waals surface area contributed by atoms with E-state index >= 15 is 0 Å². The number of carbonyl (C=O) groups is 2. The standard InChI is InChI=1S/C12H16BrN3O2S/c13-10-4-3-9(19-10)6-15-11(17)8-2-1-5-16(7-8)12(14)18/h3-4,8H,1-2,5-7H2,(H2,14,18)(H,15,17)/t8-/m1/s1. The molecule has 19 heavy (non-hydrogen) atoms. The van der Waals surface area contributed by atoms with Crippen molar-refractivity contribution in [1.82, 2.24) is 10.2 Å². The van der Waals surface area contributed by atoms with Crippen molar-refractivity contribution < 1.29 is 9.59 Å². The zero-order valence-electron chi connectivity index (χ0n) is 10.4. The first-order chi connectivity index (χ1) is 9.06. The second-order valence-electron chi connectivity index (χ2n) is 4.55. The highest BCUT2D eigenvalue weighted by Gasteiger charge is 2.27. The molecule has 0 aliphatic carbocycles. The maximum Gasteiger partial charge on any atom is 0.314 e. The normalized spacial score (nSPS) is 19.2. The third-order valence-corrected chi connectivity index (χ3v) is 4.79. The Morgan fingerprint density at radius 3 is 2.95 bits per heavy atom. The van der Waals surface area contributed by atoms with E-state index in [0.717, 1.165) is 21.5 Å². The Morgan fingerprint density at radius 2 is 2.32 bits per heavy atom. The largest absolute Gasteiger partial charge is 0.351 e. The molecule has 1 atom stereocenters. The highest BCUT2D eigenvalue weighted by Crippen LogP contribution is 2.22. The van der Waals surface area contributed by atoms with Crippen LogP contribution in [0.15, 0.2) is 15.9 Å². The Labute approximate surface area is 124 Å². The predicted molar refractivity (Wildman–Crippen MR) is 77.7 cm³/mol. The second kappa shape index (κ2) is 6.38. The molecule has 3 N–H and O–H groups in total. The van der Waals surface area contributed by atoms with E-state index in [0.29, 0.717) is 19.6 Å². The van der Waals surface area contributed by atoms with Gasteiger partial charge in [0.2, 0.25) is 5.91 Å². The summed E-state index contributed by atoms with van der Waals surface area (Å²) < 4.78 is 1.05. The lowest BCUT2D eigenvalue weighted by Gasteiger charge is -2.30. The number of urea groups is 1. The quantitative estimate of drug-likeness (QED) is 0.877. The third kappa shape index (κ3) is 3.94. The van der Waals surface area contributed by atoms with Crippen molar-refractivity contribution >= 4 is 39.2 Å². The molecule has 7 heteroatoms. The fourth-order valence-corrected chi connectivity index (χ4v) is 3.58. The van der Waals surface area contributed by atoms with E-state index in [2.05, 4.69) is 21.2 Å². The fraction of sp³-hybridized carbons (Fsp3) is 0.500. The van der Waals surface area contributed by atoms with E-state index in [-0.39, 0.29) is 11.8 Å². The van der Waals surface area contributed by atoms with Crippen molar-refractivity contribution in [1.29, 1.82) is 0 Å². The van der Waals surface area contributed by atoms with Crippen LogP contribution in [0.5, 0.6) is 0 Å². The van der Waals surface area contributed by atoms with Gasteiger partial charge in [-0.05, 0) is 40.9 Å². The molecule has 0 radical (unpaired) electrons. The Morgan fingerprint density at radius 1 is 1.53 bits per heavy atom. The van der Waals surface area contributed by atoms with E-state index < -0.39 is 6.03 Å². The molecule has 1 saturated heterocycles. The topological polar surface area (TPSA) is 75.4 Å². The van der Waals surface area contributed by atoms with E-state index in [1.165, 1.54) is 4.90 Å². The minimum absolute atomic E-state index is 0.00419. The molecule has 104 valence electrons. The Bertz CT molecular complexity index is 477. The lowest BCUT2D eigenvalue weighted by atomic mass is 9.97. The number of piperidine rings is 1. The minimum Gasteiger partial charge on any atom is -0.351 e. The number of amides is 3. The highest BCUT2D eigenvalue weighted by atomic mass is 79.9. The highest BCUT2D eigenvalue weighted by molar-refractivity contribution is 9.11. The molecule has 1 fully saturated rings. The van der Waals surface area contributed by atoms with Gasteiger partial charge in [0.1, 0.15) is 0 Å². The van der Waals surface area contributed by atoms with E-state index in [1.54, 1.807) is 11.3 Å². The summed E-state index contributed by atoms with van der Waals surface area (Å²) in [7, 11) is 0. The number of nitrogens with zero attached hydrogens (tertiary/aromatic N) is 1. The molecule has 0 aromatic carbocycles. The average molecular weight is 346 g/mol. The number of halogens is 1. The Balaban J connectivity index is 1.84. The van der Waals surface area contributed by atoms with Crippen LogP contribution in [-0.4, -0.2) is 29.9 Å². The van der Waals surface area contributed by atoms with Crippen LogP contribution in [0.4, 0.5) is 4.79 Å². The van der Waals surface area contributed by atoms with Crippen LogP contribution >= 0.6 is 27.3 Å². The molecule has 2 rings (SSSR count). The number of nitrogens with two attached hydrogens (primary N) is 1. The van der Waals surface area contributed by atoms with Gasteiger partial charge in [-0.15, -0.1) is 11.3 Å². The van der Waals surface area contributed by atoms with Gasteiger partial charge in [-0.1, -0.05) is 0 Å². The molecular formula is C12H16BrN3O2S. The lowest BCUT2D eigenvalue weighted by molar-refractivity contribution is -0.126. The molecule has 2 heterocycles. The van der Waals surface area contributed by atoms with Crippen molar-refractivity contribution in [2.24, 2.45) is 11.7 Å². The van der Waals surface area contributed by atoms with Crippen molar-refractivity contribution in [2.45, 2.75) is 19.4 Å². The molecule has 5 nitrogen and oxygen atoms in total. The first-order valence-corrected chi connectivity index (χ1v) is 7.73. The second-order valence-corrected chi connectivity index (χ2v) is 7.09. The molecular weight excluding hydrogens is 330 g/mol. The number of thiophene rings is 1. The molecule has 1 aliphatic rings. The van der Waals surface area contributed by atoms with Gasteiger partial charge in [0.05, 0.1) is 16.2 Å². The van der Waals surface area contributed by atoms with Crippen molar-refractivity contribution in [3.05, 3.63) is 20.8 Å². The van der Waals surface area contributed by atoms with Crippen molar-refractivity contribution in [3.8, 4) is 0 Å². The first kappa shape index (κ1) is 14.3. The predicted octanol–water partition coefficient (Wildman–Crippen LogP) is 1.92. The molecule has 0 unspecified atom stereocenters. The van der Waals surface area contributed by atoms with Crippen LogP contribution in [-0.2, 0) is 11.3 Å². The molecule has 1 aromatic rings. The van der Waals surface area contributed by atoms with Gasteiger partial charge < -0.3 is 16.0 Å². The maximum absolute atomic E-state index is 12.0. The van der Waals surface area contributed by atoms with Gasteiger partial charge in [-0.3, -0.25) is 4.79 Å². The van der Waals surface area contributed by atoms with Crippen LogP contribution in [0, 0.1) is 5.92 Å². The lowest BCUT2D eigenvalue weighted by Crippen LogP contribution is -2.47. The minimum atomic E-state index is -0.445. The average Bonchev–Trinajstić information content (AvgIpc) is 2.82. The van der Waals surface area contributed by atoms with E-state index in [9.17, 15) is 9.59 Å². The van der Waals surface area contributed by atoms with E-state index in [4.69, 9.17) is 5.73 Å². The van der Waals surface area contributed by atoms with Gasteiger partial charge in [0.15, 0.2) is 0 Å². The zero-order chi connectivity index (χ0) is 13.8. The van der Waals surface area contributed by atoms with Gasteiger partial charge in [-0.25, -0.2) is 4.79 Å². The number of hydrogen-bond acceptors (Lipinski definition) is 3. The van der Waals surface area contributed by atoms with E-state index in [1.807, 2.05) is 12.1 Å². The molecule has 3 amide bonds. The van der Waals surface area contributed by atoms with Gasteiger partial charge in [0.25, 0.3) is 0 Å². The summed E-state index contributed by atoms with van der Waals surface area (Å²) in [4.78, 5) is 25.8. The third-order valence-electron chi connectivity index (χ3n) is 3.17. The van der Waals surface area contributed by atoms with Gasteiger partial charge >= 0.3 is 6.03 Å². The number of primary amides is 1. The molecule has 0 spiro atoms. The number of nitrogens with one attached hydrogen (secondary N) is 1. The summed E-state index contributed by atoms with van der Waals surface area (Å²) in [5, 5.41) is 2.91. The van der Waals surface area contributed by atoms with Crippen LogP contribution in [0.2, 0.25) is 0 Å². The zero-order valence-corrected chi connectivity index (χ0v) is 12.8. The number of rotatable bonds is 3. The number of likely N-dealkylation sites (tertiary alicyclic amines) is 1. The van der Waals surface area contributed by atoms with Crippen molar-refractivity contribution in [3.63, 3.8) is 0 Å². The summed E-state index contributed by atoms with van der Waals surface area (Å²) in [6.45, 7) is 1.61.